The zero-order chi connectivity index (χ0) is 19.5. The fourth-order valence-electron chi connectivity index (χ4n) is 2.90. The Labute approximate surface area is 160 Å². The minimum absolute atomic E-state index is 0.291. The second-order valence-corrected chi connectivity index (χ2v) is 6.31. The summed E-state index contributed by atoms with van der Waals surface area (Å²) in [7, 11) is 1.87. The molecule has 7 heteroatoms. The lowest BCUT2D eigenvalue weighted by atomic mass is 10.1. The van der Waals surface area contributed by atoms with E-state index in [4.69, 9.17) is 0 Å². The van der Waals surface area contributed by atoms with Gasteiger partial charge >= 0.3 is 0 Å². The summed E-state index contributed by atoms with van der Waals surface area (Å²) < 4.78 is 28.5. The third kappa shape index (κ3) is 3.73. The molecular weight excluding hydrogens is 360 g/mol. The number of imidazole rings is 1. The van der Waals surface area contributed by atoms with E-state index in [1.54, 1.807) is 30.6 Å². The van der Waals surface area contributed by atoms with Crippen molar-refractivity contribution in [2.75, 3.05) is 5.32 Å². The maximum Gasteiger partial charge on any atom is 0.223 e. The summed E-state index contributed by atoms with van der Waals surface area (Å²) in [5.41, 5.74) is 2.93. The molecule has 0 unspecified atom stereocenters. The fourth-order valence-corrected chi connectivity index (χ4v) is 2.90. The molecule has 140 valence electrons. The molecule has 0 amide bonds. The molecule has 0 spiro atoms. The van der Waals surface area contributed by atoms with E-state index in [1.165, 1.54) is 24.3 Å². The fraction of sp³-hybridized carbons (Fsp3) is 0.0952. The van der Waals surface area contributed by atoms with Crippen molar-refractivity contribution in [2.24, 2.45) is 7.05 Å². The van der Waals surface area contributed by atoms with Crippen LogP contribution >= 0.6 is 0 Å². The van der Waals surface area contributed by atoms with E-state index in [-0.39, 0.29) is 11.6 Å². The lowest BCUT2D eigenvalue weighted by Crippen LogP contribution is -2.06. The zero-order valence-corrected chi connectivity index (χ0v) is 15.1. The molecule has 0 aliphatic rings. The summed E-state index contributed by atoms with van der Waals surface area (Å²) in [6.07, 6.45) is 5.19. The van der Waals surface area contributed by atoms with Crippen LogP contribution in [0.2, 0.25) is 0 Å². The summed E-state index contributed by atoms with van der Waals surface area (Å²) in [5.74, 6) is 0.459. The summed E-state index contributed by atoms with van der Waals surface area (Å²) in [5, 5.41) is 3.11. The van der Waals surface area contributed by atoms with Crippen LogP contribution in [0.4, 0.5) is 14.7 Å². The average molecular weight is 377 g/mol. The van der Waals surface area contributed by atoms with E-state index < -0.39 is 0 Å². The molecule has 0 atom stereocenters. The highest BCUT2D eigenvalue weighted by atomic mass is 19.1. The van der Waals surface area contributed by atoms with Crippen LogP contribution in [-0.2, 0) is 13.6 Å². The van der Waals surface area contributed by atoms with E-state index in [0.717, 1.165) is 16.7 Å². The molecule has 4 rings (SSSR count). The Hall–Kier alpha value is -3.61. The van der Waals surface area contributed by atoms with Crippen LogP contribution in [0.5, 0.6) is 0 Å². The smallest absolute Gasteiger partial charge is 0.223 e. The van der Waals surface area contributed by atoms with Gasteiger partial charge in [0.2, 0.25) is 5.95 Å². The highest BCUT2D eigenvalue weighted by Crippen LogP contribution is 2.30. The Morgan fingerprint density at radius 1 is 1.00 bits per heavy atom. The minimum Gasteiger partial charge on any atom is -0.350 e. The molecule has 1 N–H and O–H groups in total. The number of aromatic nitrogens is 4. The molecule has 2 heterocycles. The average Bonchev–Trinajstić information content (AvgIpc) is 3.13. The third-order valence-corrected chi connectivity index (χ3v) is 4.32. The molecule has 2 aromatic carbocycles. The van der Waals surface area contributed by atoms with Crippen LogP contribution in [0, 0.1) is 11.6 Å². The van der Waals surface area contributed by atoms with Crippen LogP contribution < -0.4 is 5.32 Å². The van der Waals surface area contributed by atoms with Gasteiger partial charge in [0, 0.05) is 37.7 Å². The van der Waals surface area contributed by atoms with Crippen molar-refractivity contribution in [1.29, 1.82) is 0 Å². The predicted octanol–water partition coefficient (Wildman–Crippen LogP) is 4.43. The van der Waals surface area contributed by atoms with Gasteiger partial charge in [0.1, 0.15) is 17.3 Å². The summed E-state index contributed by atoms with van der Waals surface area (Å²) >= 11 is 0. The number of hydrogen-bond donors (Lipinski definition) is 1. The predicted molar refractivity (Wildman–Crippen MR) is 103 cm³/mol. The van der Waals surface area contributed by atoms with Crippen LogP contribution in [0.25, 0.3) is 22.6 Å². The lowest BCUT2D eigenvalue weighted by molar-refractivity contribution is 0.625. The first kappa shape index (κ1) is 17.8. The van der Waals surface area contributed by atoms with Gasteiger partial charge in [0.15, 0.2) is 5.82 Å². The second kappa shape index (κ2) is 7.56. The van der Waals surface area contributed by atoms with Gasteiger partial charge in [-0.3, -0.25) is 0 Å². The first-order valence-electron chi connectivity index (χ1n) is 8.69. The molecular formula is C21H17F2N5. The summed E-state index contributed by atoms with van der Waals surface area (Å²) in [6.45, 7) is 0.383. The van der Waals surface area contributed by atoms with Crippen LogP contribution in [-0.4, -0.2) is 19.5 Å². The Balaban J connectivity index is 1.70. The molecule has 28 heavy (non-hydrogen) atoms. The molecule has 0 saturated carbocycles. The number of nitrogens with zero attached hydrogens (tertiary/aromatic N) is 4. The van der Waals surface area contributed by atoms with Gasteiger partial charge in [-0.2, -0.15) is 0 Å². The molecule has 5 nitrogen and oxygen atoms in total. The first-order chi connectivity index (χ1) is 13.6. The number of hydrogen-bond acceptors (Lipinski definition) is 4. The van der Waals surface area contributed by atoms with E-state index in [1.807, 2.05) is 23.9 Å². The van der Waals surface area contributed by atoms with Crippen LogP contribution in [0.15, 0.2) is 67.1 Å². The van der Waals surface area contributed by atoms with Gasteiger partial charge in [-0.15, -0.1) is 0 Å². The Morgan fingerprint density at radius 3 is 2.54 bits per heavy atom. The van der Waals surface area contributed by atoms with Crippen molar-refractivity contribution in [1.82, 2.24) is 19.5 Å². The number of halogens is 2. The van der Waals surface area contributed by atoms with Gasteiger partial charge < -0.3 is 9.88 Å². The molecule has 4 aromatic rings. The van der Waals surface area contributed by atoms with E-state index in [2.05, 4.69) is 20.3 Å². The zero-order valence-electron chi connectivity index (χ0n) is 15.1. The molecule has 0 aliphatic carbocycles. The molecule has 0 fully saturated rings. The van der Waals surface area contributed by atoms with Gasteiger partial charge in [-0.25, -0.2) is 23.7 Å². The molecule has 0 bridgehead atoms. The maximum absolute atomic E-state index is 13.4. The van der Waals surface area contributed by atoms with Crippen molar-refractivity contribution < 1.29 is 8.78 Å². The Bertz CT molecular complexity index is 1110. The first-order valence-corrected chi connectivity index (χ1v) is 8.69. The second-order valence-electron chi connectivity index (χ2n) is 6.31. The van der Waals surface area contributed by atoms with Crippen molar-refractivity contribution in [3.05, 3.63) is 84.3 Å². The van der Waals surface area contributed by atoms with E-state index >= 15 is 0 Å². The van der Waals surface area contributed by atoms with Crippen LogP contribution in [0.3, 0.4) is 0 Å². The van der Waals surface area contributed by atoms with Crippen molar-refractivity contribution >= 4 is 5.95 Å². The van der Waals surface area contributed by atoms with Gasteiger partial charge in [-0.1, -0.05) is 24.3 Å². The number of anilines is 1. The van der Waals surface area contributed by atoms with E-state index in [9.17, 15) is 8.78 Å². The quantitative estimate of drug-likeness (QED) is 0.559. The number of benzene rings is 2. The highest BCUT2D eigenvalue weighted by molar-refractivity contribution is 5.78. The molecule has 0 radical (unpaired) electrons. The summed E-state index contributed by atoms with van der Waals surface area (Å²) in [6, 6.07) is 12.5. The van der Waals surface area contributed by atoms with Gasteiger partial charge in [0.25, 0.3) is 0 Å². The molecule has 0 aliphatic heterocycles. The van der Waals surface area contributed by atoms with Gasteiger partial charge in [0.05, 0.1) is 0 Å². The Kier molecular flexibility index (Phi) is 4.80. The molecule has 0 saturated heterocycles. The van der Waals surface area contributed by atoms with Crippen molar-refractivity contribution in [2.45, 2.75) is 6.54 Å². The number of rotatable bonds is 5. The lowest BCUT2D eigenvalue weighted by Gasteiger charge is -2.12. The highest BCUT2D eigenvalue weighted by Gasteiger charge is 2.15. The van der Waals surface area contributed by atoms with E-state index in [0.29, 0.717) is 24.0 Å². The number of aryl methyl sites for hydroxylation is 1. The maximum atomic E-state index is 13.4. The standard InChI is InChI=1S/C21H17F2N5/c1-28-10-9-24-20(28)19-18(15-5-7-16(22)8-6-15)13-26-21(27-19)25-12-14-3-2-4-17(23)11-14/h2-11,13H,12H2,1H3,(H,25,26,27). The largest absolute Gasteiger partial charge is 0.350 e. The monoisotopic (exact) mass is 377 g/mol. The van der Waals surface area contributed by atoms with Gasteiger partial charge in [-0.05, 0) is 35.4 Å². The Morgan fingerprint density at radius 2 is 1.82 bits per heavy atom. The van der Waals surface area contributed by atoms with Crippen molar-refractivity contribution in [3.63, 3.8) is 0 Å². The third-order valence-electron chi connectivity index (χ3n) is 4.32. The van der Waals surface area contributed by atoms with Crippen LogP contribution in [0.1, 0.15) is 5.56 Å². The summed E-state index contributed by atoms with van der Waals surface area (Å²) in [4.78, 5) is 13.4. The van der Waals surface area contributed by atoms with Crippen molar-refractivity contribution in [3.8, 4) is 22.6 Å². The molecule has 2 aromatic heterocycles. The number of nitrogens with one attached hydrogen (secondary N) is 1. The topological polar surface area (TPSA) is 55.6 Å². The minimum atomic E-state index is -0.309. The SMILES string of the molecule is Cn1ccnc1-c1nc(NCc2cccc(F)c2)ncc1-c1ccc(F)cc1. The normalized spacial score (nSPS) is 10.8.